The van der Waals surface area contributed by atoms with Crippen molar-refractivity contribution < 1.29 is 9.32 Å². The van der Waals surface area contributed by atoms with E-state index >= 15 is 0 Å². The number of nitrogens with one attached hydrogen (secondary N) is 2. The first-order chi connectivity index (χ1) is 9.60. The van der Waals surface area contributed by atoms with Crippen LogP contribution >= 0.6 is 0 Å². The van der Waals surface area contributed by atoms with Crippen molar-refractivity contribution in [3.8, 4) is 0 Å². The fourth-order valence-electron chi connectivity index (χ4n) is 1.75. The second-order valence-electron chi connectivity index (χ2n) is 4.31. The molecule has 1 amide bonds. The molecule has 0 unspecified atom stereocenters. The minimum atomic E-state index is -0.226. The Balaban J connectivity index is 2.08. The van der Waals surface area contributed by atoms with Gasteiger partial charge in [-0.05, 0) is 19.9 Å². The zero-order valence-electron chi connectivity index (χ0n) is 11.7. The third kappa shape index (κ3) is 3.31. The van der Waals surface area contributed by atoms with Gasteiger partial charge in [0.2, 0.25) is 5.89 Å². The molecule has 7 nitrogen and oxygen atoms in total. The number of rotatable bonds is 5. The summed E-state index contributed by atoms with van der Waals surface area (Å²) in [6.07, 6.45) is 1.56. The number of anilines is 1. The number of carbonyl (C=O) groups excluding carboxylic acids is 1. The van der Waals surface area contributed by atoms with Crippen LogP contribution in [0, 0.1) is 13.8 Å². The number of pyridine rings is 1. The molecule has 106 valence electrons. The van der Waals surface area contributed by atoms with Crippen LogP contribution in [-0.4, -0.2) is 27.6 Å². The van der Waals surface area contributed by atoms with Gasteiger partial charge in [-0.15, -0.1) is 0 Å². The molecule has 0 spiro atoms. The predicted octanol–water partition coefficient (Wildman–Crippen LogP) is 1.44. The summed E-state index contributed by atoms with van der Waals surface area (Å²) in [5.41, 5.74) is 2.12. The Morgan fingerprint density at radius 1 is 1.40 bits per heavy atom. The molecule has 0 atom stereocenters. The lowest BCUT2D eigenvalue weighted by Crippen LogP contribution is -2.24. The molecular formula is C13H17N5O2. The molecule has 0 saturated carbocycles. The van der Waals surface area contributed by atoms with Gasteiger partial charge in [-0.3, -0.25) is 9.78 Å². The van der Waals surface area contributed by atoms with Crippen molar-refractivity contribution >= 4 is 11.6 Å². The summed E-state index contributed by atoms with van der Waals surface area (Å²) in [7, 11) is 0. The molecule has 0 aromatic carbocycles. The van der Waals surface area contributed by atoms with Crippen molar-refractivity contribution in [1.82, 2.24) is 20.4 Å². The summed E-state index contributed by atoms with van der Waals surface area (Å²) >= 11 is 0. The lowest BCUT2D eigenvalue weighted by atomic mass is 10.2. The van der Waals surface area contributed by atoms with E-state index in [4.69, 9.17) is 4.52 Å². The van der Waals surface area contributed by atoms with E-state index < -0.39 is 0 Å². The number of hydrogen-bond acceptors (Lipinski definition) is 6. The topological polar surface area (TPSA) is 92.9 Å². The molecule has 0 aliphatic heterocycles. The number of carbonyl (C=O) groups is 1. The second kappa shape index (κ2) is 6.14. The lowest BCUT2D eigenvalue weighted by molar-refractivity contribution is 0.0950. The fraction of sp³-hybridized carbons (Fsp3) is 0.385. The predicted molar refractivity (Wildman–Crippen MR) is 73.3 cm³/mol. The Bertz CT molecular complexity index is 609. The highest BCUT2D eigenvalue weighted by molar-refractivity contribution is 5.99. The zero-order valence-corrected chi connectivity index (χ0v) is 11.7. The smallest absolute Gasteiger partial charge is 0.255 e. The molecule has 0 aliphatic rings. The Hall–Kier alpha value is -2.44. The van der Waals surface area contributed by atoms with E-state index in [9.17, 15) is 4.79 Å². The van der Waals surface area contributed by atoms with Gasteiger partial charge < -0.3 is 15.2 Å². The monoisotopic (exact) mass is 275 g/mol. The minimum absolute atomic E-state index is 0.218. The van der Waals surface area contributed by atoms with Crippen LogP contribution in [0.15, 0.2) is 16.8 Å². The van der Waals surface area contributed by atoms with Crippen LogP contribution in [0.25, 0.3) is 0 Å². The van der Waals surface area contributed by atoms with E-state index in [0.29, 0.717) is 17.3 Å². The highest BCUT2D eigenvalue weighted by Crippen LogP contribution is 2.15. The molecule has 0 saturated heterocycles. The van der Waals surface area contributed by atoms with Gasteiger partial charge in [0.15, 0.2) is 5.82 Å². The summed E-state index contributed by atoms with van der Waals surface area (Å²) in [6.45, 7) is 6.50. The maximum absolute atomic E-state index is 12.2. The van der Waals surface area contributed by atoms with Crippen molar-refractivity contribution in [2.75, 3.05) is 11.9 Å². The van der Waals surface area contributed by atoms with E-state index in [1.807, 2.05) is 19.9 Å². The normalized spacial score (nSPS) is 10.3. The molecule has 0 fully saturated rings. The van der Waals surface area contributed by atoms with Gasteiger partial charge in [0.1, 0.15) is 0 Å². The van der Waals surface area contributed by atoms with Crippen molar-refractivity contribution in [1.29, 1.82) is 0 Å². The first-order valence-electron chi connectivity index (χ1n) is 6.38. The number of aryl methyl sites for hydroxylation is 2. The Labute approximate surface area is 116 Å². The first kappa shape index (κ1) is 14.0. The van der Waals surface area contributed by atoms with Crippen LogP contribution in [0.5, 0.6) is 0 Å². The highest BCUT2D eigenvalue weighted by Gasteiger charge is 2.13. The van der Waals surface area contributed by atoms with E-state index in [2.05, 4.69) is 25.8 Å². The molecule has 2 aromatic rings. The van der Waals surface area contributed by atoms with Gasteiger partial charge in [0, 0.05) is 25.4 Å². The SMILES string of the molecule is CCNc1cc(C)ncc1C(=O)NCc1noc(C)n1. The fourth-order valence-corrected chi connectivity index (χ4v) is 1.75. The van der Waals surface area contributed by atoms with E-state index in [1.54, 1.807) is 13.1 Å². The summed E-state index contributed by atoms with van der Waals surface area (Å²) in [4.78, 5) is 20.3. The average molecular weight is 275 g/mol. The molecule has 20 heavy (non-hydrogen) atoms. The minimum Gasteiger partial charge on any atom is -0.385 e. The Kier molecular flexibility index (Phi) is 4.29. The molecule has 2 aromatic heterocycles. The van der Waals surface area contributed by atoms with E-state index in [-0.39, 0.29) is 12.5 Å². The molecule has 2 N–H and O–H groups in total. The van der Waals surface area contributed by atoms with Gasteiger partial charge in [-0.2, -0.15) is 4.98 Å². The van der Waals surface area contributed by atoms with Crippen LogP contribution in [0.1, 0.15) is 34.7 Å². The third-order valence-electron chi connectivity index (χ3n) is 2.63. The third-order valence-corrected chi connectivity index (χ3v) is 2.63. The number of nitrogens with zero attached hydrogens (tertiary/aromatic N) is 3. The lowest BCUT2D eigenvalue weighted by Gasteiger charge is -2.10. The highest BCUT2D eigenvalue weighted by atomic mass is 16.5. The van der Waals surface area contributed by atoms with Gasteiger partial charge >= 0.3 is 0 Å². The number of hydrogen-bond donors (Lipinski definition) is 2. The number of amides is 1. The van der Waals surface area contributed by atoms with Crippen molar-refractivity contribution in [3.05, 3.63) is 35.2 Å². The van der Waals surface area contributed by atoms with E-state index in [1.165, 1.54) is 0 Å². The van der Waals surface area contributed by atoms with Crippen LogP contribution in [-0.2, 0) is 6.54 Å². The van der Waals surface area contributed by atoms with Crippen LogP contribution in [0.3, 0.4) is 0 Å². The molecule has 0 aliphatic carbocycles. The van der Waals surface area contributed by atoms with Gasteiger partial charge in [0.25, 0.3) is 5.91 Å². The molecule has 0 radical (unpaired) electrons. The Morgan fingerprint density at radius 2 is 2.20 bits per heavy atom. The van der Waals surface area contributed by atoms with Crippen molar-refractivity contribution in [3.63, 3.8) is 0 Å². The van der Waals surface area contributed by atoms with Crippen molar-refractivity contribution in [2.24, 2.45) is 0 Å². The largest absolute Gasteiger partial charge is 0.385 e. The summed E-state index contributed by atoms with van der Waals surface area (Å²) in [5.74, 6) is 0.691. The van der Waals surface area contributed by atoms with Crippen LogP contribution in [0.4, 0.5) is 5.69 Å². The van der Waals surface area contributed by atoms with Gasteiger partial charge in [-0.1, -0.05) is 5.16 Å². The molecule has 2 rings (SSSR count). The second-order valence-corrected chi connectivity index (χ2v) is 4.31. The zero-order chi connectivity index (χ0) is 14.5. The average Bonchev–Trinajstić information content (AvgIpc) is 2.82. The summed E-state index contributed by atoms with van der Waals surface area (Å²) in [6, 6.07) is 1.84. The molecular weight excluding hydrogens is 258 g/mol. The first-order valence-corrected chi connectivity index (χ1v) is 6.38. The molecule has 7 heteroatoms. The van der Waals surface area contributed by atoms with Crippen LogP contribution in [0.2, 0.25) is 0 Å². The van der Waals surface area contributed by atoms with Gasteiger partial charge in [0.05, 0.1) is 17.8 Å². The molecule has 0 bridgehead atoms. The molecule has 2 heterocycles. The Morgan fingerprint density at radius 3 is 2.85 bits per heavy atom. The number of aromatic nitrogens is 3. The van der Waals surface area contributed by atoms with Gasteiger partial charge in [-0.25, -0.2) is 0 Å². The standard InChI is InChI=1S/C13H17N5O2/c1-4-14-11-5-8(2)15-6-10(11)13(19)16-7-12-17-9(3)20-18-12/h5-6H,4,7H2,1-3H3,(H,14,15)(H,16,19). The maximum Gasteiger partial charge on any atom is 0.255 e. The van der Waals surface area contributed by atoms with E-state index in [0.717, 1.165) is 17.9 Å². The summed E-state index contributed by atoms with van der Waals surface area (Å²) in [5, 5.41) is 9.61. The quantitative estimate of drug-likeness (QED) is 0.857. The maximum atomic E-state index is 12.2. The van der Waals surface area contributed by atoms with Crippen LogP contribution < -0.4 is 10.6 Å². The van der Waals surface area contributed by atoms with Crippen molar-refractivity contribution in [2.45, 2.75) is 27.3 Å². The summed E-state index contributed by atoms with van der Waals surface area (Å²) < 4.78 is 4.84.